The monoisotopic (exact) mass is 451 g/mol. The van der Waals surface area contributed by atoms with Gasteiger partial charge >= 0.3 is 0 Å². The molecule has 1 aliphatic carbocycles. The van der Waals surface area contributed by atoms with Gasteiger partial charge in [0.25, 0.3) is 0 Å². The van der Waals surface area contributed by atoms with Gasteiger partial charge in [0, 0.05) is 52.0 Å². The van der Waals surface area contributed by atoms with Crippen LogP contribution < -0.4 is 14.5 Å². The summed E-state index contributed by atoms with van der Waals surface area (Å²) in [6.07, 6.45) is 9.29. The Labute approximate surface area is 197 Å². The van der Waals surface area contributed by atoms with Crippen molar-refractivity contribution in [2.75, 3.05) is 63.7 Å². The standard InChI is InChI=1S/C26H45N3O.ClH/c1-7-14-28-15-17-29(18-16-28)23-20-25(30-6)24(27(4)5)19-22(23)21-10-12-26(8-2,9-3)13-11-21;/h19-21H,7-18H2,1-6H3;1H. The van der Waals surface area contributed by atoms with E-state index >= 15 is 0 Å². The van der Waals surface area contributed by atoms with Crippen LogP contribution in [0.2, 0.25) is 0 Å². The van der Waals surface area contributed by atoms with Crippen molar-refractivity contribution in [2.45, 2.75) is 71.6 Å². The molecule has 2 fully saturated rings. The lowest BCUT2D eigenvalue weighted by atomic mass is 9.66. The topological polar surface area (TPSA) is 19.0 Å². The van der Waals surface area contributed by atoms with E-state index in [0.717, 1.165) is 18.8 Å². The molecule has 0 aromatic heterocycles. The highest BCUT2D eigenvalue weighted by Crippen LogP contribution is 2.50. The van der Waals surface area contributed by atoms with Crippen LogP contribution in [0.25, 0.3) is 0 Å². The molecule has 178 valence electrons. The maximum Gasteiger partial charge on any atom is 0.144 e. The van der Waals surface area contributed by atoms with Crippen molar-refractivity contribution < 1.29 is 4.74 Å². The molecular formula is C26H46ClN3O. The van der Waals surface area contributed by atoms with Crippen LogP contribution in [0.15, 0.2) is 12.1 Å². The molecule has 1 saturated carbocycles. The van der Waals surface area contributed by atoms with Gasteiger partial charge in [0.15, 0.2) is 0 Å². The Bertz CT molecular complexity index is 671. The number of nitrogens with zero attached hydrogens (tertiary/aromatic N) is 3. The summed E-state index contributed by atoms with van der Waals surface area (Å²) in [7, 11) is 6.07. The van der Waals surface area contributed by atoms with Gasteiger partial charge in [-0.1, -0.05) is 33.6 Å². The Morgan fingerprint density at radius 2 is 1.61 bits per heavy atom. The molecule has 0 amide bonds. The first-order chi connectivity index (χ1) is 14.5. The number of ether oxygens (including phenoxy) is 1. The molecule has 0 N–H and O–H groups in total. The molecule has 0 spiro atoms. The summed E-state index contributed by atoms with van der Waals surface area (Å²) in [6.45, 7) is 12.9. The van der Waals surface area contributed by atoms with Crippen molar-refractivity contribution in [3.8, 4) is 5.75 Å². The average molecular weight is 452 g/mol. The van der Waals surface area contributed by atoms with Crippen LogP contribution in [-0.2, 0) is 0 Å². The quantitative estimate of drug-likeness (QED) is 0.469. The fraction of sp³-hybridized carbons (Fsp3) is 0.769. The predicted molar refractivity (Wildman–Crippen MR) is 138 cm³/mol. The van der Waals surface area contributed by atoms with E-state index in [2.05, 4.69) is 61.7 Å². The van der Waals surface area contributed by atoms with Crippen molar-refractivity contribution >= 4 is 23.8 Å². The van der Waals surface area contributed by atoms with Crippen LogP contribution in [0.5, 0.6) is 5.75 Å². The van der Waals surface area contributed by atoms with E-state index < -0.39 is 0 Å². The molecule has 31 heavy (non-hydrogen) atoms. The second-order valence-electron chi connectivity index (χ2n) is 9.79. The molecule has 0 unspecified atom stereocenters. The number of rotatable bonds is 8. The summed E-state index contributed by atoms with van der Waals surface area (Å²) >= 11 is 0. The summed E-state index contributed by atoms with van der Waals surface area (Å²) in [6, 6.07) is 4.78. The zero-order valence-electron chi connectivity index (χ0n) is 20.9. The van der Waals surface area contributed by atoms with E-state index in [1.54, 1.807) is 5.56 Å². The average Bonchev–Trinajstić information content (AvgIpc) is 2.79. The van der Waals surface area contributed by atoms with Crippen LogP contribution in [-0.4, -0.2) is 58.8 Å². The molecule has 4 nitrogen and oxygen atoms in total. The Balaban J connectivity index is 0.00000341. The number of hydrogen-bond donors (Lipinski definition) is 0. The Hall–Kier alpha value is -1.13. The third kappa shape index (κ3) is 5.82. The third-order valence-electron chi connectivity index (χ3n) is 8.05. The highest BCUT2D eigenvalue weighted by atomic mass is 35.5. The summed E-state index contributed by atoms with van der Waals surface area (Å²) in [4.78, 5) is 7.44. The minimum absolute atomic E-state index is 0. The first kappa shape index (κ1) is 26.1. The molecule has 0 bridgehead atoms. The van der Waals surface area contributed by atoms with Crippen molar-refractivity contribution in [1.82, 2.24) is 4.90 Å². The van der Waals surface area contributed by atoms with Crippen LogP contribution in [0, 0.1) is 5.41 Å². The van der Waals surface area contributed by atoms with E-state index in [1.807, 2.05) is 7.11 Å². The van der Waals surface area contributed by atoms with Crippen molar-refractivity contribution in [1.29, 1.82) is 0 Å². The molecular weight excluding hydrogens is 406 g/mol. The largest absolute Gasteiger partial charge is 0.495 e. The third-order valence-corrected chi connectivity index (χ3v) is 8.05. The van der Waals surface area contributed by atoms with Crippen molar-refractivity contribution in [2.24, 2.45) is 5.41 Å². The molecule has 1 saturated heterocycles. The maximum atomic E-state index is 5.83. The lowest BCUT2D eigenvalue weighted by Crippen LogP contribution is -2.47. The Kier molecular flexibility index (Phi) is 9.82. The molecule has 1 aromatic carbocycles. The highest BCUT2D eigenvalue weighted by Gasteiger charge is 2.34. The molecule has 0 radical (unpaired) electrons. The summed E-state index contributed by atoms with van der Waals surface area (Å²) in [5.74, 6) is 1.67. The lowest BCUT2D eigenvalue weighted by Gasteiger charge is -2.42. The van der Waals surface area contributed by atoms with E-state index in [-0.39, 0.29) is 12.4 Å². The molecule has 1 heterocycles. The SMILES string of the molecule is CCCN1CCN(c2cc(OC)c(N(C)C)cc2C2CCC(CC)(CC)CC2)CC1.Cl. The Morgan fingerprint density at radius 3 is 2.10 bits per heavy atom. The normalized spacial score (nSPS) is 19.7. The summed E-state index contributed by atoms with van der Waals surface area (Å²) in [5.41, 5.74) is 4.78. The van der Waals surface area contributed by atoms with Gasteiger partial charge in [0.1, 0.15) is 5.75 Å². The van der Waals surface area contributed by atoms with Gasteiger partial charge in [-0.05, 0) is 61.6 Å². The summed E-state index contributed by atoms with van der Waals surface area (Å²) in [5, 5.41) is 0. The van der Waals surface area contributed by atoms with E-state index in [1.165, 1.54) is 76.0 Å². The van der Waals surface area contributed by atoms with Crippen LogP contribution in [0.4, 0.5) is 11.4 Å². The van der Waals surface area contributed by atoms with Gasteiger partial charge in [-0.15, -0.1) is 12.4 Å². The first-order valence-electron chi connectivity index (χ1n) is 12.3. The van der Waals surface area contributed by atoms with Crippen molar-refractivity contribution in [3.63, 3.8) is 0 Å². The summed E-state index contributed by atoms with van der Waals surface area (Å²) < 4.78 is 5.83. The molecule has 0 atom stereocenters. The fourth-order valence-corrected chi connectivity index (χ4v) is 5.71. The number of anilines is 2. The molecule has 3 rings (SSSR count). The smallest absolute Gasteiger partial charge is 0.144 e. The van der Waals surface area contributed by atoms with Gasteiger partial charge in [-0.2, -0.15) is 0 Å². The number of halogens is 1. The zero-order valence-corrected chi connectivity index (χ0v) is 21.7. The van der Waals surface area contributed by atoms with Gasteiger partial charge in [-0.3, -0.25) is 4.90 Å². The number of piperazine rings is 1. The number of hydrogen-bond acceptors (Lipinski definition) is 4. The molecule has 1 aliphatic heterocycles. The molecule has 2 aliphatic rings. The molecule has 1 aromatic rings. The van der Waals surface area contributed by atoms with Gasteiger partial charge in [-0.25, -0.2) is 0 Å². The number of benzene rings is 1. The van der Waals surface area contributed by atoms with Gasteiger partial charge < -0.3 is 14.5 Å². The lowest BCUT2D eigenvalue weighted by molar-refractivity contribution is 0.159. The van der Waals surface area contributed by atoms with E-state index in [9.17, 15) is 0 Å². The van der Waals surface area contributed by atoms with Crippen LogP contribution in [0.1, 0.15) is 77.2 Å². The second-order valence-corrected chi connectivity index (χ2v) is 9.79. The first-order valence-corrected chi connectivity index (χ1v) is 12.3. The second kappa shape index (κ2) is 11.7. The minimum atomic E-state index is 0. The zero-order chi connectivity index (χ0) is 21.7. The van der Waals surface area contributed by atoms with E-state index in [4.69, 9.17) is 4.74 Å². The van der Waals surface area contributed by atoms with Gasteiger partial charge in [0.05, 0.1) is 12.8 Å². The predicted octanol–water partition coefficient (Wildman–Crippen LogP) is 6.18. The van der Waals surface area contributed by atoms with Crippen LogP contribution >= 0.6 is 12.4 Å². The van der Waals surface area contributed by atoms with E-state index in [0.29, 0.717) is 11.3 Å². The van der Waals surface area contributed by atoms with Gasteiger partial charge in [0.2, 0.25) is 0 Å². The minimum Gasteiger partial charge on any atom is -0.495 e. The number of methoxy groups -OCH3 is 1. The fourth-order valence-electron chi connectivity index (χ4n) is 5.71. The Morgan fingerprint density at radius 1 is 1.00 bits per heavy atom. The van der Waals surface area contributed by atoms with Crippen molar-refractivity contribution in [3.05, 3.63) is 17.7 Å². The molecule has 5 heteroatoms. The van der Waals surface area contributed by atoms with Crippen LogP contribution in [0.3, 0.4) is 0 Å². The maximum absolute atomic E-state index is 5.83. The highest BCUT2D eigenvalue weighted by molar-refractivity contribution is 5.85.